The van der Waals surface area contributed by atoms with Crippen LogP contribution in [0.4, 0.5) is 0 Å². The van der Waals surface area contributed by atoms with Crippen LogP contribution in [0, 0.1) is 0 Å². The first kappa shape index (κ1) is 15.0. The van der Waals surface area contributed by atoms with Crippen LogP contribution in [0.5, 0.6) is 0 Å². The molecule has 22 heavy (non-hydrogen) atoms. The van der Waals surface area contributed by atoms with Gasteiger partial charge in [0.2, 0.25) is 5.91 Å². The highest BCUT2D eigenvalue weighted by Gasteiger charge is 2.22. The van der Waals surface area contributed by atoms with Crippen molar-refractivity contribution in [2.45, 2.75) is 44.9 Å². The molecule has 1 saturated carbocycles. The first-order chi connectivity index (χ1) is 10.7. The molecular formula is C16H19N3O2S. The van der Waals surface area contributed by atoms with Crippen molar-refractivity contribution in [1.29, 1.82) is 0 Å². The highest BCUT2D eigenvalue weighted by molar-refractivity contribution is 7.10. The van der Waals surface area contributed by atoms with Crippen molar-refractivity contribution in [2.75, 3.05) is 0 Å². The van der Waals surface area contributed by atoms with Gasteiger partial charge in [-0.15, -0.1) is 11.3 Å². The molecule has 1 amide bonds. The SMILES string of the molecule is CC(=O)NC(=Cc1cccs1)c1nc(C2CCCCC2)no1. The summed E-state index contributed by atoms with van der Waals surface area (Å²) >= 11 is 1.59. The lowest BCUT2D eigenvalue weighted by Gasteiger charge is -2.17. The maximum atomic E-state index is 11.4. The number of amides is 1. The standard InChI is InChI=1S/C16H19N3O2S/c1-11(20)17-14(10-13-8-5-9-22-13)16-18-15(19-21-16)12-6-3-2-4-7-12/h5,8-10,12H,2-4,6-7H2,1H3,(H,17,20). The molecule has 6 heteroatoms. The van der Waals surface area contributed by atoms with E-state index in [0.717, 1.165) is 23.5 Å². The van der Waals surface area contributed by atoms with Gasteiger partial charge >= 0.3 is 0 Å². The molecular weight excluding hydrogens is 298 g/mol. The molecule has 1 aliphatic rings. The Bertz CT molecular complexity index is 655. The summed E-state index contributed by atoms with van der Waals surface area (Å²) in [5.41, 5.74) is 0.560. The molecule has 1 fully saturated rings. The van der Waals surface area contributed by atoms with Crippen LogP contribution < -0.4 is 5.32 Å². The summed E-state index contributed by atoms with van der Waals surface area (Å²) in [6.45, 7) is 1.47. The predicted octanol–water partition coefficient (Wildman–Crippen LogP) is 3.81. The lowest BCUT2D eigenvalue weighted by atomic mass is 9.89. The van der Waals surface area contributed by atoms with Crippen molar-refractivity contribution in [3.63, 3.8) is 0 Å². The van der Waals surface area contributed by atoms with E-state index in [9.17, 15) is 4.79 Å². The Balaban J connectivity index is 1.85. The highest BCUT2D eigenvalue weighted by atomic mass is 32.1. The van der Waals surface area contributed by atoms with E-state index in [1.807, 2.05) is 23.6 Å². The van der Waals surface area contributed by atoms with Crippen LogP contribution in [0.25, 0.3) is 11.8 Å². The lowest BCUT2D eigenvalue weighted by Crippen LogP contribution is -2.18. The van der Waals surface area contributed by atoms with Gasteiger partial charge in [-0.1, -0.05) is 30.5 Å². The normalized spacial score (nSPS) is 16.7. The van der Waals surface area contributed by atoms with Gasteiger partial charge in [0.25, 0.3) is 5.89 Å². The maximum Gasteiger partial charge on any atom is 0.274 e. The molecule has 3 rings (SSSR count). The third-order valence-electron chi connectivity index (χ3n) is 3.78. The fourth-order valence-corrected chi connectivity index (χ4v) is 3.38. The zero-order chi connectivity index (χ0) is 15.4. The van der Waals surface area contributed by atoms with Crippen LogP contribution >= 0.6 is 11.3 Å². The van der Waals surface area contributed by atoms with Crippen LogP contribution in [-0.4, -0.2) is 16.0 Å². The fourth-order valence-electron chi connectivity index (χ4n) is 2.73. The van der Waals surface area contributed by atoms with Gasteiger partial charge in [-0.3, -0.25) is 4.79 Å². The van der Waals surface area contributed by atoms with E-state index in [0.29, 0.717) is 17.5 Å². The summed E-state index contributed by atoms with van der Waals surface area (Å²) in [5.74, 6) is 1.37. The van der Waals surface area contributed by atoms with Crippen molar-refractivity contribution in [2.24, 2.45) is 0 Å². The summed E-state index contributed by atoms with van der Waals surface area (Å²) < 4.78 is 5.39. The number of carbonyl (C=O) groups excluding carboxylic acids is 1. The Morgan fingerprint density at radius 1 is 1.41 bits per heavy atom. The smallest absolute Gasteiger partial charge is 0.274 e. The number of hydrogen-bond acceptors (Lipinski definition) is 5. The zero-order valence-electron chi connectivity index (χ0n) is 12.5. The van der Waals surface area contributed by atoms with Crippen molar-refractivity contribution in [3.05, 3.63) is 34.1 Å². The zero-order valence-corrected chi connectivity index (χ0v) is 13.4. The van der Waals surface area contributed by atoms with Gasteiger partial charge in [-0.2, -0.15) is 4.98 Å². The van der Waals surface area contributed by atoms with E-state index in [2.05, 4.69) is 15.5 Å². The molecule has 0 radical (unpaired) electrons. The average molecular weight is 317 g/mol. The molecule has 1 N–H and O–H groups in total. The number of aromatic nitrogens is 2. The Hall–Kier alpha value is -1.95. The summed E-state index contributed by atoms with van der Waals surface area (Å²) in [4.78, 5) is 17.0. The molecule has 0 saturated heterocycles. The molecule has 1 aliphatic carbocycles. The van der Waals surface area contributed by atoms with Gasteiger partial charge in [-0.05, 0) is 30.4 Å². The Labute approximate surface area is 133 Å². The van der Waals surface area contributed by atoms with E-state index in [-0.39, 0.29) is 5.91 Å². The lowest BCUT2D eigenvalue weighted by molar-refractivity contribution is -0.117. The van der Waals surface area contributed by atoms with Gasteiger partial charge in [0.15, 0.2) is 5.82 Å². The van der Waals surface area contributed by atoms with Crippen molar-refractivity contribution in [3.8, 4) is 0 Å². The van der Waals surface area contributed by atoms with Crippen molar-refractivity contribution < 1.29 is 9.32 Å². The molecule has 2 heterocycles. The minimum absolute atomic E-state index is 0.153. The quantitative estimate of drug-likeness (QED) is 0.931. The summed E-state index contributed by atoms with van der Waals surface area (Å²) in [6, 6.07) is 3.94. The van der Waals surface area contributed by atoms with Crippen LogP contribution in [0.1, 0.15) is 61.5 Å². The van der Waals surface area contributed by atoms with Crippen LogP contribution in [0.2, 0.25) is 0 Å². The van der Waals surface area contributed by atoms with Crippen LogP contribution in [-0.2, 0) is 4.79 Å². The minimum atomic E-state index is -0.153. The van der Waals surface area contributed by atoms with E-state index in [1.165, 1.54) is 26.2 Å². The summed E-state index contributed by atoms with van der Waals surface area (Å²) in [5, 5.41) is 8.89. The first-order valence-electron chi connectivity index (χ1n) is 7.59. The second kappa shape index (κ2) is 6.87. The average Bonchev–Trinajstić information content (AvgIpc) is 3.18. The van der Waals surface area contributed by atoms with Gasteiger partial charge in [0.05, 0.1) is 0 Å². The predicted molar refractivity (Wildman–Crippen MR) is 86.1 cm³/mol. The van der Waals surface area contributed by atoms with Crippen LogP contribution in [0.3, 0.4) is 0 Å². The van der Waals surface area contributed by atoms with E-state index in [4.69, 9.17) is 4.52 Å². The molecule has 0 bridgehead atoms. The number of hydrogen-bond donors (Lipinski definition) is 1. The van der Waals surface area contributed by atoms with Gasteiger partial charge in [-0.25, -0.2) is 0 Å². The Kier molecular flexibility index (Phi) is 4.68. The molecule has 0 aliphatic heterocycles. The van der Waals surface area contributed by atoms with Gasteiger partial charge in [0.1, 0.15) is 5.70 Å². The van der Waals surface area contributed by atoms with Crippen molar-refractivity contribution >= 4 is 29.0 Å². The molecule has 0 aromatic carbocycles. The number of nitrogens with zero attached hydrogens (tertiary/aromatic N) is 2. The second-order valence-electron chi connectivity index (χ2n) is 5.55. The molecule has 2 aromatic heterocycles. The summed E-state index contributed by atoms with van der Waals surface area (Å²) in [7, 11) is 0. The first-order valence-corrected chi connectivity index (χ1v) is 8.47. The molecule has 0 unspecified atom stereocenters. The Morgan fingerprint density at radius 2 is 2.23 bits per heavy atom. The van der Waals surface area contributed by atoms with Crippen LogP contribution in [0.15, 0.2) is 22.0 Å². The van der Waals surface area contributed by atoms with Gasteiger partial charge in [0, 0.05) is 17.7 Å². The minimum Gasteiger partial charge on any atom is -0.332 e. The molecule has 5 nitrogen and oxygen atoms in total. The van der Waals surface area contributed by atoms with E-state index in [1.54, 1.807) is 11.3 Å². The third kappa shape index (κ3) is 3.62. The fraction of sp³-hybridized carbons (Fsp3) is 0.438. The number of rotatable bonds is 4. The van der Waals surface area contributed by atoms with Gasteiger partial charge < -0.3 is 9.84 Å². The maximum absolute atomic E-state index is 11.4. The number of thiophene rings is 1. The van der Waals surface area contributed by atoms with E-state index < -0.39 is 0 Å². The molecule has 2 aromatic rings. The largest absolute Gasteiger partial charge is 0.332 e. The molecule has 0 atom stereocenters. The molecule has 116 valence electrons. The Morgan fingerprint density at radius 3 is 2.91 bits per heavy atom. The molecule has 0 spiro atoms. The number of carbonyl (C=O) groups is 1. The topological polar surface area (TPSA) is 68.0 Å². The number of nitrogens with one attached hydrogen (secondary N) is 1. The van der Waals surface area contributed by atoms with Crippen molar-refractivity contribution in [1.82, 2.24) is 15.5 Å². The third-order valence-corrected chi connectivity index (χ3v) is 4.60. The highest BCUT2D eigenvalue weighted by Crippen LogP contribution is 2.31. The summed E-state index contributed by atoms with van der Waals surface area (Å²) in [6.07, 6.45) is 7.82. The second-order valence-corrected chi connectivity index (χ2v) is 6.53. The monoisotopic (exact) mass is 317 g/mol. The van der Waals surface area contributed by atoms with E-state index >= 15 is 0 Å².